The summed E-state index contributed by atoms with van der Waals surface area (Å²) in [6, 6.07) is 8.99. The van der Waals surface area contributed by atoms with Crippen LogP contribution in [0.15, 0.2) is 53.7 Å². The third-order valence-corrected chi connectivity index (χ3v) is 5.34. The molecular formula is C20H22N6O4S. The van der Waals surface area contributed by atoms with Crippen LogP contribution in [-0.4, -0.2) is 41.5 Å². The smallest absolute Gasteiger partial charge is 0.271 e. The zero-order valence-corrected chi connectivity index (χ0v) is 17.8. The minimum absolute atomic E-state index is 0.0502. The topological polar surface area (TPSA) is 149 Å². The molecule has 3 rings (SSSR count). The highest BCUT2D eigenvalue weighted by atomic mass is 32.2. The standard InChI is InChI=1S/C20H22N6O4S/c1-3-23-20(28)17-10-13(2)26(25-17)18-5-4-15(31(21,29)30)11-16(18)19(27)24-12-14-6-8-22-9-7-14/h4-11H,3,12H2,1-2H3,(H,23,28)(H,24,27)(H2,21,29,30). The molecule has 0 fully saturated rings. The van der Waals surface area contributed by atoms with Crippen LogP contribution in [0.3, 0.4) is 0 Å². The summed E-state index contributed by atoms with van der Waals surface area (Å²) in [6.07, 6.45) is 3.20. The monoisotopic (exact) mass is 442 g/mol. The van der Waals surface area contributed by atoms with E-state index in [4.69, 9.17) is 5.14 Å². The van der Waals surface area contributed by atoms with Crippen molar-refractivity contribution in [1.82, 2.24) is 25.4 Å². The zero-order chi connectivity index (χ0) is 22.6. The van der Waals surface area contributed by atoms with Gasteiger partial charge >= 0.3 is 0 Å². The van der Waals surface area contributed by atoms with Crippen LogP contribution in [0, 0.1) is 6.92 Å². The van der Waals surface area contributed by atoms with Crippen molar-refractivity contribution in [3.63, 3.8) is 0 Å². The van der Waals surface area contributed by atoms with Crippen LogP contribution in [0.5, 0.6) is 0 Å². The van der Waals surface area contributed by atoms with Gasteiger partial charge in [0.15, 0.2) is 5.69 Å². The van der Waals surface area contributed by atoms with E-state index < -0.39 is 15.9 Å². The van der Waals surface area contributed by atoms with Crippen molar-refractivity contribution in [3.8, 4) is 5.69 Å². The number of hydrogen-bond acceptors (Lipinski definition) is 6. The first-order valence-corrected chi connectivity index (χ1v) is 10.9. The van der Waals surface area contributed by atoms with Crippen molar-refractivity contribution in [2.24, 2.45) is 5.14 Å². The van der Waals surface area contributed by atoms with Gasteiger partial charge in [0.1, 0.15) is 0 Å². The predicted octanol–water partition coefficient (Wildman–Crippen LogP) is 0.903. The summed E-state index contributed by atoms with van der Waals surface area (Å²) in [5.74, 6) is -0.874. The Labute approximate surface area is 179 Å². The van der Waals surface area contributed by atoms with Crippen molar-refractivity contribution in [1.29, 1.82) is 0 Å². The van der Waals surface area contributed by atoms with Gasteiger partial charge in [0.25, 0.3) is 11.8 Å². The molecule has 0 radical (unpaired) electrons. The minimum atomic E-state index is -4.03. The van der Waals surface area contributed by atoms with E-state index in [1.54, 1.807) is 44.4 Å². The van der Waals surface area contributed by atoms with E-state index in [0.29, 0.717) is 17.9 Å². The lowest BCUT2D eigenvalue weighted by Crippen LogP contribution is -2.26. The Hall–Kier alpha value is -3.57. The van der Waals surface area contributed by atoms with E-state index in [9.17, 15) is 18.0 Å². The second kappa shape index (κ2) is 9.06. The van der Waals surface area contributed by atoms with E-state index in [1.165, 1.54) is 22.9 Å². The van der Waals surface area contributed by atoms with Crippen molar-refractivity contribution in [2.45, 2.75) is 25.3 Å². The second-order valence-electron chi connectivity index (χ2n) is 6.70. The molecule has 11 heteroatoms. The van der Waals surface area contributed by atoms with Crippen LogP contribution >= 0.6 is 0 Å². The van der Waals surface area contributed by atoms with Gasteiger partial charge in [-0.2, -0.15) is 5.10 Å². The van der Waals surface area contributed by atoms with Gasteiger partial charge in [0.2, 0.25) is 10.0 Å². The first-order chi connectivity index (χ1) is 14.7. The Morgan fingerprint density at radius 2 is 1.77 bits per heavy atom. The Kier molecular flexibility index (Phi) is 6.47. The highest BCUT2D eigenvalue weighted by Crippen LogP contribution is 2.21. The molecule has 0 saturated heterocycles. The molecule has 0 unspecified atom stereocenters. The van der Waals surface area contributed by atoms with Gasteiger partial charge in [-0.05, 0) is 55.8 Å². The number of amides is 2. The van der Waals surface area contributed by atoms with Crippen molar-refractivity contribution >= 4 is 21.8 Å². The largest absolute Gasteiger partial charge is 0.351 e. The maximum Gasteiger partial charge on any atom is 0.271 e. The maximum absolute atomic E-state index is 13.0. The van der Waals surface area contributed by atoms with Crippen LogP contribution in [0.2, 0.25) is 0 Å². The first-order valence-electron chi connectivity index (χ1n) is 9.40. The fourth-order valence-electron chi connectivity index (χ4n) is 2.92. The average Bonchev–Trinajstić information content (AvgIpc) is 3.13. The SMILES string of the molecule is CCNC(=O)c1cc(C)n(-c2ccc(S(N)(=O)=O)cc2C(=O)NCc2ccncc2)n1. The Morgan fingerprint density at radius 3 is 2.42 bits per heavy atom. The fourth-order valence-corrected chi connectivity index (χ4v) is 3.46. The molecule has 10 nitrogen and oxygen atoms in total. The van der Waals surface area contributed by atoms with E-state index >= 15 is 0 Å². The molecule has 31 heavy (non-hydrogen) atoms. The zero-order valence-electron chi connectivity index (χ0n) is 17.0. The van der Waals surface area contributed by atoms with Gasteiger partial charge < -0.3 is 10.6 Å². The molecule has 0 spiro atoms. The second-order valence-corrected chi connectivity index (χ2v) is 8.27. The summed E-state index contributed by atoms with van der Waals surface area (Å²) in [6.45, 7) is 4.17. The van der Waals surface area contributed by atoms with Crippen LogP contribution in [0.4, 0.5) is 0 Å². The summed E-state index contributed by atoms with van der Waals surface area (Å²) in [4.78, 5) is 28.8. The van der Waals surface area contributed by atoms with E-state index in [0.717, 1.165) is 5.56 Å². The minimum Gasteiger partial charge on any atom is -0.351 e. The lowest BCUT2D eigenvalue weighted by Gasteiger charge is -2.13. The lowest BCUT2D eigenvalue weighted by molar-refractivity contribution is 0.0944. The molecule has 4 N–H and O–H groups in total. The van der Waals surface area contributed by atoms with Crippen LogP contribution in [0.25, 0.3) is 5.69 Å². The summed E-state index contributed by atoms with van der Waals surface area (Å²) < 4.78 is 25.1. The lowest BCUT2D eigenvalue weighted by atomic mass is 10.1. The number of primary sulfonamides is 1. The molecular weight excluding hydrogens is 420 g/mol. The number of rotatable bonds is 7. The molecule has 0 aliphatic rings. The maximum atomic E-state index is 13.0. The Morgan fingerprint density at radius 1 is 1.06 bits per heavy atom. The quantitative estimate of drug-likeness (QED) is 0.495. The number of nitrogens with one attached hydrogen (secondary N) is 2. The van der Waals surface area contributed by atoms with Crippen molar-refractivity contribution in [3.05, 3.63) is 71.3 Å². The normalized spacial score (nSPS) is 11.2. The van der Waals surface area contributed by atoms with Crippen LogP contribution < -0.4 is 15.8 Å². The molecule has 1 aromatic carbocycles. The van der Waals surface area contributed by atoms with Gasteiger partial charge in [-0.25, -0.2) is 18.2 Å². The summed E-state index contributed by atoms with van der Waals surface area (Å²) in [5.41, 5.74) is 1.95. The number of carbonyl (C=O) groups excluding carboxylic acids is 2. The molecule has 0 saturated carbocycles. The van der Waals surface area contributed by atoms with Crippen molar-refractivity contribution < 1.29 is 18.0 Å². The summed E-state index contributed by atoms with van der Waals surface area (Å²) >= 11 is 0. The van der Waals surface area contributed by atoms with E-state index in [-0.39, 0.29) is 28.6 Å². The molecule has 0 aliphatic carbocycles. The van der Waals surface area contributed by atoms with Gasteiger partial charge in [-0.3, -0.25) is 14.6 Å². The number of benzene rings is 1. The number of hydrogen-bond donors (Lipinski definition) is 3. The first kappa shape index (κ1) is 22.1. The number of sulfonamides is 1. The number of aromatic nitrogens is 3. The third-order valence-electron chi connectivity index (χ3n) is 4.43. The highest BCUT2D eigenvalue weighted by molar-refractivity contribution is 7.89. The van der Waals surface area contributed by atoms with E-state index in [1.807, 2.05) is 0 Å². The van der Waals surface area contributed by atoms with E-state index in [2.05, 4.69) is 20.7 Å². The Bertz CT molecular complexity index is 1220. The molecule has 2 aromatic heterocycles. The molecule has 3 aromatic rings. The number of pyridine rings is 1. The van der Waals surface area contributed by atoms with Gasteiger partial charge in [-0.15, -0.1) is 0 Å². The van der Waals surface area contributed by atoms with Gasteiger partial charge in [0.05, 0.1) is 16.1 Å². The number of aryl methyl sites for hydroxylation is 1. The molecule has 2 heterocycles. The Balaban J connectivity index is 2.02. The molecule has 0 bridgehead atoms. The summed E-state index contributed by atoms with van der Waals surface area (Å²) in [5, 5.41) is 14.9. The number of nitrogens with zero attached hydrogens (tertiary/aromatic N) is 3. The third kappa shape index (κ3) is 5.13. The molecule has 2 amide bonds. The predicted molar refractivity (Wildman–Crippen MR) is 113 cm³/mol. The molecule has 0 aliphatic heterocycles. The van der Waals surface area contributed by atoms with Gasteiger partial charge in [0, 0.05) is 31.2 Å². The van der Waals surface area contributed by atoms with Gasteiger partial charge in [-0.1, -0.05) is 0 Å². The van der Waals surface area contributed by atoms with Crippen molar-refractivity contribution in [2.75, 3.05) is 6.54 Å². The molecule has 0 atom stereocenters. The fraction of sp³-hybridized carbons (Fsp3) is 0.200. The average molecular weight is 443 g/mol. The van der Waals surface area contributed by atoms with Crippen LogP contribution in [0.1, 0.15) is 39.0 Å². The molecule has 162 valence electrons. The highest BCUT2D eigenvalue weighted by Gasteiger charge is 2.21. The summed E-state index contributed by atoms with van der Waals surface area (Å²) in [7, 11) is -4.03. The number of nitrogens with two attached hydrogens (primary N) is 1. The number of carbonyl (C=O) groups is 2. The van der Waals surface area contributed by atoms with Crippen LogP contribution in [-0.2, 0) is 16.6 Å².